The highest BCUT2D eigenvalue weighted by atomic mass is 16.5. The Bertz CT molecular complexity index is 924. The summed E-state index contributed by atoms with van der Waals surface area (Å²) in [7, 11) is 1.57. The number of amides is 3. The number of hydrogen-bond acceptors (Lipinski definition) is 4. The van der Waals surface area contributed by atoms with E-state index in [1.165, 1.54) is 4.90 Å². The van der Waals surface area contributed by atoms with Crippen LogP contribution in [0.1, 0.15) is 24.8 Å². The Hall–Kier alpha value is -3.19. The number of benzene rings is 2. The Morgan fingerprint density at radius 3 is 2.28 bits per heavy atom. The molecular weight excluding hydrogens is 370 g/mol. The van der Waals surface area contributed by atoms with Crippen LogP contribution in [0.5, 0.6) is 5.75 Å². The molecule has 0 bridgehead atoms. The van der Waals surface area contributed by atoms with E-state index in [1.807, 2.05) is 29.6 Å². The second kappa shape index (κ2) is 8.05. The maximum absolute atomic E-state index is 12.8. The molecule has 0 unspecified atom stereocenters. The summed E-state index contributed by atoms with van der Waals surface area (Å²) in [6.45, 7) is 1.36. The topological polar surface area (TPSA) is 83.5 Å². The highest BCUT2D eigenvalue weighted by Crippen LogP contribution is 2.24. The fraction of sp³-hybridized carbons (Fsp3) is 0.318. The molecule has 0 aromatic heterocycles. The summed E-state index contributed by atoms with van der Waals surface area (Å²) in [4.78, 5) is 40.1. The van der Waals surface area contributed by atoms with Crippen molar-refractivity contribution in [2.45, 2.75) is 31.8 Å². The first-order chi connectivity index (χ1) is 14.1. The Balaban J connectivity index is 1.38. The lowest BCUT2D eigenvalue weighted by molar-refractivity contribution is -0.690. The molecule has 2 saturated heterocycles. The number of imide groups is 1. The van der Waals surface area contributed by atoms with Crippen molar-refractivity contribution in [2.75, 3.05) is 23.5 Å². The van der Waals surface area contributed by atoms with Crippen molar-refractivity contribution >= 4 is 29.1 Å². The average Bonchev–Trinajstić information content (AvgIpc) is 3.29. The van der Waals surface area contributed by atoms with Gasteiger partial charge in [0.25, 0.3) is 5.91 Å². The minimum atomic E-state index is -0.426. The van der Waals surface area contributed by atoms with Gasteiger partial charge in [-0.25, -0.2) is 4.90 Å². The maximum Gasteiger partial charge on any atom is 0.292 e. The fourth-order valence-electron chi connectivity index (χ4n) is 3.85. The SMILES string of the molecule is COc1ccc(N2C(=O)C[C@@H]([NH2+]Cc3ccc(N4CCCC4=O)cc3)C2=O)cc1. The predicted octanol–water partition coefficient (Wildman–Crippen LogP) is 1.22. The number of carbonyl (C=O) groups is 3. The summed E-state index contributed by atoms with van der Waals surface area (Å²) < 4.78 is 5.12. The van der Waals surface area contributed by atoms with Gasteiger partial charge < -0.3 is 15.0 Å². The zero-order chi connectivity index (χ0) is 20.4. The third-order valence-corrected chi connectivity index (χ3v) is 5.47. The van der Waals surface area contributed by atoms with Gasteiger partial charge in [-0.15, -0.1) is 0 Å². The van der Waals surface area contributed by atoms with E-state index in [4.69, 9.17) is 4.74 Å². The van der Waals surface area contributed by atoms with Crippen LogP contribution in [0.15, 0.2) is 48.5 Å². The standard InChI is InChI=1S/C22H23N3O4/c1-29-18-10-8-17(9-11-18)25-21(27)13-19(22(25)28)23-14-15-4-6-16(7-5-15)24-12-2-3-20(24)26/h4-11,19,23H,2-3,12-14H2,1H3/p+1/t19-/m1/s1. The zero-order valence-electron chi connectivity index (χ0n) is 16.3. The molecule has 4 rings (SSSR count). The van der Waals surface area contributed by atoms with Crippen LogP contribution in [-0.4, -0.2) is 37.4 Å². The van der Waals surface area contributed by atoms with E-state index in [0.29, 0.717) is 24.4 Å². The molecule has 2 aliphatic rings. The van der Waals surface area contributed by atoms with Gasteiger partial charge in [0, 0.05) is 24.2 Å². The third kappa shape index (κ3) is 3.86. The van der Waals surface area contributed by atoms with Gasteiger partial charge in [0.1, 0.15) is 12.3 Å². The third-order valence-electron chi connectivity index (χ3n) is 5.47. The van der Waals surface area contributed by atoms with Crippen molar-refractivity contribution < 1.29 is 24.4 Å². The number of quaternary nitrogens is 1. The molecule has 0 radical (unpaired) electrons. The molecule has 7 heteroatoms. The average molecular weight is 394 g/mol. The van der Waals surface area contributed by atoms with Gasteiger partial charge in [-0.3, -0.25) is 14.4 Å². The van der Waals surface area contributed by atoms with Gasteiger partial charge in [-0.1, -0.05) is 12.1 Å². The summed E-state index contributed by atoms with van der Waals surface area (Å²) in [6, 6.07) is 14.3. The van der Waals surface area contributed by atoms with Gasteiger partial charge in [0.05, 0.1) is 19.2 Å². The Morgan fingerprint density at radius 1 is 0.966 bits per heavy atom. The van der Waals surface area contributed by atoms with Gasteiger partial charge in [0.15, 0.2) is 6.04 Å². The molecule has 0 aliphatic carbocycles. The number of nitrogens with two attached hydrogens (primary N) is 1. The number of nitrogens with zero attached hydrogens (tertiary/aromatic N) is 2. The molecule has 2 aliphatic heterocycles. The minimum absolute atomic E-state index is 0.165. The Labute approximate surface area is 169 Å². The monoisotopic (exact) mass is 394 g/mol. The van der Waals surface area contributed by atoms with Crippen molar-refractivity contribution in [3.8, 4) is 5.75 Å². The fourth-order valence-corrected chi connectivity index (χ4v) is 3.85. The van der Waals surface area contributed by atoms with Crippen LogP contribution in [0.3, 0.4) is 0 Å². The number of carbonyl (C=O) groups excluding carboxylic acids is 3. The predicted molar refractivity (Wildman–Crippen MR) is 108 cm³/mol. The van der Waals surface area contributed by atoms with Crippen LogP contribution in [0.25, 0.3) is 0 Å². The van der Waals surface area contributed by atoms with E-state index in [1.54, 1.807) is 36.3 Å². The molecule has 3 amide bonds. The number of hydrogen-bond donors (Lipinski definition) is 1. The molecule has 150 valence electrons. The Morgan fingerprint density at radius 2 is 1.66 bits per heavy atom. The van der Waals surface area contributed by atoms with E-state index >= 15 is 0 Å². The lowest BCUT2D eigenvalue weighted by atomic mass is 10.1. The largest absolute Gasteiger partial charge is 0.497 e. The molecule has 1 atom stereocenters. The zero-order valence-corrected chi connectivity index (χ0v) is 16.3. The number of methoxy groups -OCH3 is 1. The molecule has 0 saturated carbocycles. The lowest BCUT2D eigenvalue weighted by Gasteiger charge is -2.16. The quantitative estimate of drug-likeness (QED) is 0.747. The second-order valence-corrected chi connectivity index (χ2v) is 7.33. The van der Waals surface area contributed by atoms with Crippen LogP contribution >= 0.6 is 0 Å². The first-order valence-corrected chi connectivity index (χ1v) is 9.80. The van der Waals surface area contributed by atoms with E-state index in [9.17, 15) is 14.4 Å². The van der Waals surface area contributed by atoms with Crippen molar-refractivity contribution in [1.29, 1.82) is 0 Å². The number of rotatable bonds is 6. The first-order valence-electron chi connectivity index (χ1n) is 9.80. The molecule has 2 fully saturated rings. The van der Waals surface area contributed by atoms with Gasteiger partial charge in [0.2, 0.25) is 11.8 Å². The Kier molecular flexibility index (Phi) is 5.31. The van der Waals surface area contributed by atoms with Crippen molar-refractivity contribution in [3.05, 3.63) is 54.1 Å². The molecule has 2 aromatic rings. The summed E-state index contributed by atoms with van der Waals surface area (Å²) in [6.07, 6.45) is 1.69. The van der Waals surface area contributed by atoms with E-state index in [2.05, 4.69) is 0 Å². The van der Waals surface area contributed by atoms with Crippen LogP contribution in [0.4, 0.5) is 11.4 Å². The van der Waals surface area contributed by atoms with E-state index in [0.717, 1.165) is 24.2 Å². The number of ether oxygens (including phenoxy) is 1. The molecule has 7 nitrogen and oxygen atoms in total. The molecule has 2 N–H and O–H groups in total. The van der Waals surface area contributed by atoms with Crippen molar-refractivity contribution in [1.82, 2.24) is 0 Å². The number of anilines is 2. The van der Waals surface area contributed by atoms with E-state index in [-0.39, 0.29) is 24.1 Å². The van der Waals surface area contributed by atoms with E-state index < -0.39 is 6.04 Å². The highest BCUT2D eigenvalue weighted by molar-refractivity contribution is 6.21. The van der Waals surface area contributed by atoms with Gasteiger partial charge in [-0.2, -0.15) is 0 Å². The summed E-state index contributed by atoms with van der Waals surface area (Å²) >= 11 is 0. The smallest absolute Gasteiger partial charge is 0.292 e. The van der Waals surface area contributed by atoms with Crippen LogP contribution in [0, 0.1) is 0 Å². The van der Waals surface area contributed by atoms with Crippen LogP contribution in [-0.2, 0) is 20.9 Å². The summed E-state index contributed by atoms with van der Waals surface area (Å²) in [5, 5.41) is 1.90. The molecule has 2 aromatic carbocycles. The molecule has 29 heavy (non-hydrogen) atoms. The maximum atomic E-state index is 12.8. The summed E-state index contributed by atoms with van der Waals surface area (Å²) in [5.74, 6) is 0.455. The van der Waals surface area contributed by atoms with Gasteiger partial charge >= 0.3 is 0 Å². The highest BCUT2D eigenvalue weighted by Gasteiger charge is 2.42. The minimum Gasteiger partial charge on any atom is -0.497 e. The molecule has 0 spiro atoms. The second-order valence-electron chi connectivity index (χ2n) is 7.33. The van der Waals surface area contributed by atoms with Crippen molar-refractivity contribution in [3.63, 3.8) is 0 Å². The normalized spacial score (nSPS) is 19.3. The van der Waals surface area contributed by atoms with Crippen molar-refractivity contribution in [2.24, 2.45) is 0 Å². The summed E-state index contributed by atoms with van der Waals surface area (Å²) in [5.41, 5.74) is 2.52. The molecule has 2 heterocycles. The van der Waals surface area contributed by atoms with Gasteiger partial charge in [-0.05, 0) is 42.8 Å². The lowest BCUT2D eigenvalue weighted by Crippen LogP contribution is -2.90. The first kappa shape index (κ1) is 19.1. The molecular formula is C22H24N3O4+. The van der Waals surface area contributed by atoms with Crippen LogP contribution in [0.2, 0.25) is 0 Å². The van der Waals surface area contributed by atoms with Crippen LogP contribution < -0.4 is 19.9 Å².